The number of carbonyl (C=O) groups excluding carboxylic acids is 1. The van der Waals surface area contributed by atoms with Gasteiger partial charge in [0.15, 0.2) is 0 Å². The van der Waals surface area contributed by atoms with Gasteiger partial charge in [-0.1, -0.05) is 12.1 Å². The van der Waals surface area contributed by atoms with Crippen LogP contribution in [-0.4, -0.2) is 44.7 Å². The van der Waals surface area contributed by atoms with E-state index in [9.17, 15) is 13.2 Å². The monoisotopic (exact) mass is 370 g/mol. The van der Waals surface area contributed by atoms with Crippen LogP contribution in [0.1, 0.15) is 32.8 Å². The van der Waals surface area contributed by atoms with Crippen LogP contribution in [0.4, 0.5) is 4.79 Å². The normalized spacial score (nSPS) is 18.4. The second kappa shape index (κ2) is 7.72. The summed E-state index contributed by atoms with van der Waals surface area (Å²) in [6.07, 6.45) is 0.302. The average molecular weight is 370 g/mol. The maximum absolute atomic E-state index is 12.2. The van der Waals surface area contributed by atoms with Crippen molar-refractivity contribution in [3.05, 3.63) is 29.8 Å². The summed E-state index contributed by atoms with van der Waals surface area (Å²) in [7, 11) is -3.81. The molecule has 0 radical (unpaired) electrons. The molecule has 0 bridgehead atoms. The molecule has 8 heteroatoms. The Labute approximate surface area is 149 Å². The number of nitrogens with two attached hydrogens (primary N) is 1. The molecule has 1 amide bonds. The zero-order valence-corrected chi connectivity index (χ0v) is 15.7. The molecule has 140 valence electrons. The molecule has 1 heterocycles. The number of hydrogen-bond acceptors (Lipinski definition) is 6. The number of ether oxygens (including phenoxy) is 1. The molecule has 1 fully saturated rings. The Kier molecular flexibility index (Phi) is 6.08. The van der Waals surface area contributed by atoms with Crippen molar-refractivity contribution >= 4 is 16.2 Å². The third-order valence-electron chi connectivity index (χ3n) is 3.84. The zero-order chi connectivity index (χ0) is 18.7. The molecular weight excluding hydrogens is 344 g/mol. The molecule has 1 aromatic rings. The van der Waals surface area contributed by atoms with E-state index in [1.165, 1.54) is 12.1 Å². The van der Waals surface area contributed by atoms with Crippen molar-refractivity contribution in [2.45, 2.75) is 44.2 Å². The molecule has 1 aliphatic heterocycles. The van der Waals surface area contributed by atoms with Gasteiger partial charge in [-0.05, 0) is 44.9 Å². The molecule has 2 rings (SSSR count). The lowest BCUT2D eigenvalue weighted by atomic mass is 10.1. The lowest BCUT2D eigenvalue weighted by Crippen LogP contribution is -2.35. The molecule has 1 aromatic carbocycles. The van der Waals surface area contributed by atoms with Crippen LogP contribution in [-0.2, 0) is 25.6 Å². The molecule has 7 nitrogen and oxygen atoms in total. The summed E-state index contributed by atoms with van der Waals surface area (Å²) in [6, 6.07) is 6.30. The number of amides is 1. The maximum atomic E-state index is 12.2. The number of carbonyl (C=O) groups is 1. The molecule has 0 aliphatic carbocycles. The van der Waals surface area contributed by atoms with Crippen molar-refractivity contribution < 1.29 is 22.1 Å². The van der Waals surface area contributed by atoms with E-state index in [-0.39, 0.29) is 23.5 Å². The number of nitrogens with zero attached hydrogens (tertiary/aromatic N) is 1. The summed E-state index contributed by atoms with van der Waals surface area (Å²) in [5, 5.41) is 0. The minimum Gasteiger partial charge on any atom is -0.444 e. The van der Waals surface area contributed by atoms with E-state index in [4.69, 9.17) is 14.7 Å². The minimum atomic E-state index is -3.81. The molecule has 1 saturated heterocycles. The fourth-order valence-electron chi connectivity index (χ4n) is 2.51. The highest BCUT2D eigenvalue weighted by atomic mass is 32.2. The van der Waals surface area contributed by atoms with E-state index in [0.29, 0.717) is 26.1 Å². The summed E-state index contributed by atoms with van der Waals surface area (Å²) in [4.78, 5) is 13.7. The standard InChI is InChI=1S/C17H26N2O5S/c1-17(2,3)24-16(20)19-9-8-14(11-19)12-23-25(21,22)15-6-4-13(10-18)5-7-15/h4-7,14H,8-12,18H2,1-3H3. The molecule has 0 saturated carbocycles. The van der Waals surface area contributed by atoms with Crippen molar-refractivity contribution in [2.24, 2.45) is 11.7 Å². The quantitative estimate of drug-likeness (QED) is 0.797. The smallest absolute Gasteiger partial charge is 0.410 e. The maximum Gasteiger partial charge on any atom is 0.410 e. The SMILES string of the molecule is CC(C)(C)OC(=O)N1CCC(COS(=O)(=O)c2ccc(CN)cc2)C1. The van der Waals surface area contributed by atoms with Gasteiger partial charge in [0.2, 0.25) is 0 Å². The predicted molar refractivity (Wildman–Crippen MR) is 93.4 cm³/mol. The second-order valence-corrected chi connectivity index (χ2v) is 8.78. The van der Waals surface area contributed by atoms with Gasteiger partial charge in [0, 0.05) is 25.6 Å². The Morgan fingerprint density at radius 3 is 2.48 bits per heavy atom. The number of rotatable bonds is 5. The van der Waals surface area contributed by atoms with Gasteiger partial charge in [0.25, 0.3) is 10.1 Å². The zero-order valence-electron chi connectivity index (χ0n) is 14.9. The van der Waals surface area contributed by atoms with Gasteiger partial charge in [-0.2, -0.15) is 8.42 Å². The Balaban J connectivity index is 1.88. The molecular formula is C17H26N2O5S. The van der Waals surface area contributed by atoms with Gasteiger partial charge in [-0.3, -0.25) is 4.18 Å². The molecule has 0 aromatic heterocycles. The highest BCUT2D eigenvalue weighted by molar-refractivity contribution is 7.86. The first-order valence-corrected chi connectivity index (χ1v) is 9.68. The van der Waals surface area contributed by atoms with Crippen molar-refractivity contribution in [2.75, 3.05) is 19.7 Å². The molecule has 2 N–H and O–H groups in total. The Hall–Kier alpha value is -1.64. The summed E-state index contributed by atoms with van der Waals surface area (Å²) < 4.78 is 35.0. The summed E-state index contributed by atoms with van der Waals surface area (Å²) in [5.74, 6) is -0.0365. The van der Waals surface area contributed by atoms with Crippen LogP contribution >= 0.6 is 0 Å². The van der Waals surface area contributed by atoms with Gasteiger partial charge in [0.1, 0.15) is 5.60 Å². The largest absolute Gasteiger partial charge is 0.444 e. The predicted octanol–water partition coefficient (Wildman–Crippen LogP) is 2.11. The van der Waals surface area contributed by atoms with E-state index in [1.54, 1.807) is 17.0 Å². The van der Waals surface area contributed by atoms with E-state index in [2.05, 4.69) is 0 Å². The van der Waals surface area contributed by atoms with Crippen LogP contribution in [0.3, 0.4) is 0 Å². The fourth-order valence-corrected chi connectivity index (χ4v) is 3.48. The van der Waals surface area contributed by atoms with Gasteiger partial charge in [-0.15, -0.1) is 0 Å². The first kappa shape index (κ1) is 19.7. The van der Waals surface area contributed by atoms with Crippen LogP contribution in [0.2, 0.25) is 0 Å². The van der Waals surface area contributed by atoms with Crippen molar-refractivity contribution in [3.8, 4) is 0 Å². The Morgan fingerprint density at radius 1 is 1.28 bits per heavy atom. The number of hydrogen-bond donors (Lipinski definition) is 1. The third-order valence-corrected chi connectivity index (χ3v) is 5.14. The van der Waals surface area contributed by atoms with Crippen molar-refractivity contribution in [1.29, 1.82) is 0 Å². The first-order chi connectivity index (χ1) is 11.6. The average Bonchev–Trinajstić information content (AvgIpc) is 3.01. The highest BCUT2D eigenvalue weighted by Gasteiger charge is 2.31. The Morgan fingerprint density at radius 2 is 1.92 bits per heavy atom. The topological polar surface area (TPSA) is 98.9 Å². The van der Waals surface area contributed by atoms with Gasteiger partial charge in [0.05, 0.1) is 11.5 Å². The first-order valence-electron chi connectivity index (χ1n) is 8.27. The lowest BCUT2D eigenvalue weighted by Gasteiger charge is -2.24. The van der Waals surface area contributed by atoms with Crippen LogP contribution < -0.4 is 5.73 Å². The molecule has 25 heavy (non-hydrogen) atoms. The van der Waals surface area contributed by atoms with E-state index < -0.39 is 15.7 Å². The van der Waals surface area contributed by atoms with Gasteiger partial charge < -0.3 is 15.4 Å². The lowest BCUT2D eigenvalue weighted by molar-refractivity contribution is 0.0285. The van der Waals surface area contributed by atoms with E-state index in [0.717, 1.165) is 5.56 Å². The second-order valence-electron chi connectivity index (χ2n) is 7.17. The summed E-state index contributed by atoms with van der Waals surface area (Å²) in [5.41, 5.74) is 5.80. The van der Waals surface area contributed by atoms with Crippen LogP contribution in [0.5, 0.6) is 0 Å². The van der Waals surface area contributed by atoms with E-state index >= 15 is 0 Å². The molecule has 1 atom stereocenters. The molecule has 0 spiro atoms. The highest BCUT2D eigenvalue weighted by Crippen LogP contribution is 2.22. The number of likely N-dealkylation sites (tertiary alicyclic amines) is 1. The number of benzene rings is 1. The summed E-state index contributed by atoms with van der Waals surface area (Å²) in [6.45, 7) is 6.78. The van der Waals surface area contributed by atoms with Crippen molar-refractivity contribution in [3.63, 3.8) is 0 Å². The van der Waals surface area contributed by atoms with E-state index in [1.807, 2.05) is 20.8 Å². The third kappa shape index (κ3) is 5.69. The van der Waals surface area contributed by atoms with Crippen LogP contribution in [0.15, 0.2) is 29.2 Å². The molecule has 1 aliphatic rings. The van der Waals surface area contributed by atoms with Crippen LogP contribution in [0, 0.1) is 5.92 Å². The molecule has 1 unspecified atom stereocenters. The van der Waals surface area contributed by atoms with Crippen molar-refractivity contribution in [1.82, 2.24) is 4.90 Å². The minimum absolute atomic E-state index is 0.0365. The van der Waals surface area contributed by atoms with Gasteiger partial charge >= 0.3 is 6.09 Å². The summed E-state index contributed by atoms with van der Waals surface area (Å²) >= 11 is 0. The Bertz CT molecular complexity index is 695. The van der Waals surface area contributed by atoms with Gasteiger partial charge in [-0.25, -0.2) is 4.79 Å². The van der Waals surface area contributed by atoms with Crippen LogP contribution in [0.25, 0.3) is 0 Å². The fraction of sp³-hybridized carbons (Fsp3) is 0.588.